The maximum atomic E-state index is 12.1. The quantitative estimate of drug-likeness (QED) is 0.787. The highest BCUT2D eigenvalue weighted by Crippen LogP contribution is 2.22. The molecule has 0 bridgehead atoms. The molecule has 0 spiro atoms. The summed E-state index contributed by atoms with van der Waals surface area (Å²) in [4.78, 5) is 16.4. The Kier molecular flexibility index (Phi) is 4.40. The number of carbonyl (C=O) groups excluding carboxylic acids is 1. The number of nitrogens with two attached hydrogens (primary N) is 1. The zero-order valence-electron chi connectivity index (χ0n) is 10.9. The molecule has 2 saturated heterocycles. The predicted octanol–water partition coefficient (Wildman–Crippen LogP) is 0.668. The van der Waals surface area contributed by atoms with E-state index in [0.29, 0.717) is 31.0 Å². The van der Waals surface area contributed by atoms with Crippen molar-refractivity contribution in [2.75, 3.05) is 32.7 Å². The number of piperidine rings is 1. The van der Waals surface area contributed by atoms with E-state index in [-0.39, 0.29) is 0 Å². The highest BCUT2D eigenvalue weighted by Gasteiger charge is 2.30. The van der Waals surface area contributed by atoms with E-state index in [1.165, 1.54) is 25.7 Å². The Balaban J connectivity index is 1.89. The second kappa shape index (κ2) is 5.83. The normalized spacial score (nSPS) is 30.8. The van der Waals surface area contributed by atoms with E-state index >= 15 is 0 Å². The van der Waals surface area contributed by atoms with Crippen LogP contribution in [0.15, 0.2) is 0 Å². The minimum Gasteiger partial charge on any atom is -0.342 e. The van der Waals surface area contributed by atoms with Crippen LogP contribution in [-0.2, 0) is 4.79 Å². The van der Waals surface area contributed by atoms with E-state index in [2.05, 4.69) is 11.8 Å². The standard InChI is InChI=1S/C13H25N3O/c1-11-5-4-8-16(12(11)9-14)10-13(17)15-6-2-3-7-15/h11-12H,2-10,14H2,1H3. The van der Waals surface area contributed by atoms with Crippen LogP contribution >= 0.6 is 0 Å². The van der Waals surface area contributed by atoms with Gasteiger partial charge in [0.25, 0.3) is 0 Å². The summed E-state index contributed by atoms with van der Waals surface area (Å²) >= 11 is 0. The summed E-state index contributed by atoms with van der Waals surface area (Å²) in [6, 6.07) is 0.398. The average molecular weight is 239 g/mol. The van der Waals surface area contributed by atoms with E-state index in [4.69, 9.17) is 5.73 Å². The maximum absolute atomic E-state index is 12.1. The van der Waals surface area contributed by atoms with Gasteiger partial charge in [0, 0.05) is 25.7 Å². The van der Waals surface area contributed by atoms with Crippen LogP contribution in [0, 0.1) is 5.92 Å². The number of rotatable bonds is 3. The van der Waals surface area contributed by atoms with Crippen LogP contribution in [0.1, 0.15) is 32.6 Å². The lowest BCUT2D eigenvalue weighted by Gasteiger charge is -2.39. The third-order valence-electron chi connectivity index (χ3n) is 4.27. The molecule has 2 aliphatic heterocycles. The van der Waals surface area contributed by atoms with Crippen molar-refractivity contribution in [2.45, 2.75) is 38.6 Å². The maximum Gasteiger partial charge on any atom is 0.236 e. The third-order valence-corrected chi connectivity index (χ3v) is 4.27. The van der Waals surface area contributed by atoms with E-state index in [9.17, 15) is 4.79 Å². The number of nitrogens with zero attached hydrogens (tertiary/aromatic N) is 2. The minimum atomic E-state index is 0.301. The summed E-state index contributed by atoms with van der Waals surface area (Å²) in [7, 11) is 0. The van der Waals surface area contributed by atoms with Crippen molar-refractivity contribution in [3.8, 4) is 0 Å². The first-order valence-electron chi connectivity index (χ1n) is 6.94. The Morgan fingerprint density at radius 3 is 2.59 bits per heavy atom. The van der Waals surface area contributed by atoms with Gasteiger partial charge in [-0.05, 0) is 38.1 Å². The lowest BCUT2D eigenvalue weighted by Crippen LogP contribution is -2.52. The van der Waals surface area contributed by atoms with Crippen LogP contribution in [0.25, 0.3) is 0 Å². The first-order valence-corrected chi connectivity index (χ1v) is 6.94. The first-order chi connectivity index (χ1) is 8.22. The molecule has 2 atom stereocenters. The van der Waals surface area contributed by atoms with Gasteiger partial charge in [-0.3, -0.25) is 9.69 Å². The summed E-state index contributed by atoms with van der Waals surface area (Å²) in [5, 5.41) is 0. The summed E-state index contributed by atoms with van der Waals surface area (Å²) in [5.74, 6) is 0.926. The first kappa shape index (κ1) is 12.8. The van der Waals surface area contributed by atoms with Gasteiger partial charge >= 0.3 is 0 Å². The monoisotopic (exact) mass is 239 g/mol. The molecule has 2 fully saturated rings. The summed E-state index contributed by atoms with van der Waals surface area (Å²) in [6.07, 6.45) is 4.78. The van der Waals surface area contributed by atoms with Crippen molar-refractivity contribution in [2.24, 2.45) is 11.7 Å². The molecule has 1 amide bonds. The smallest absolute Gasteiger partial charge is 0.236 e. The zero-order chi connectivity index (χ0) is 12.3. The molecule has 0 saturated carbocycles. The molecule has 98 valence electrons. The molecule has 2 N–H and O–H groups in total. The molecule has 2 rings (SSSR count). The molecule has 0 aromatic heterocycles. The van der Waals surface area contributed by atoms with Crippen LogP contribution < -0.4 is 5.73 Å². The Hall–Kier alpha value is -0.610. The number of hydrogen-bond acceptors (Lipinski definition) is 3. The fourth-order valence-corrected chi connectivity index (χ4v) is 3.15. The van der Waals surface area contributed by atoms with Crippen LogP contribution in [0.2, 0.25) is 0 Å². The van der Waals surface area contributed by atoms with Gasteiger partial charge in [0.2, 0.25) is 5.91 Å². The molecule has 17 heavy (non-hydrogen) atoms. The SMILES string of the molecule is CC1CCCN(CC(=O)N2CCCC2)C1CN. The zero-order valence-corrected chi connectivity index (χ0v) is 10.9. The Morgan fingerprint density at radius 1 is 1.24 bits per heavy atom. The highest BCUT2D eigenvalue weighted by molar-refractivity contribution is 5.78. The van der Waals surface area contributed by atoms with Crippen LogP contribution in [0.3, 0.4) is 0 Å². The molecule has 2 aliphatic rings. The largest absolute Gasteiger partial charge is 0.342 e. The fraction of sp³-hybridized carbons (Fsp3) is 0.923. The minimum absolute atomic E-state index is 0.301. The Labute approximate surface area is 104 Å². The van der Waals surface area contributed by atoms with E-state index in [0.717, 1.165) is 19.6 Å². The summed E-state index contributed by atoms with van der Waals surface area (Å²) in [5.41, 5.74) is 5.85. The molecule has 2 heterocycles. The van der Waals surface area contributed by atoms with Gasteiger partial charge in [-0.2, -0.15) is 0 Å². The van der Waals surface area contributed by atoms with Gasteiger partial charge in [0.1, 0.15) is 0 Å². The number of amides is 1. The van der Waals surface area contributed by atoms with Crippen LogP contribution in [-0.4, -0.2) is 54.5 Å². The molecule has 0 aliphatic carbocycles. The van der Waals surface area contributed by atoms with Gasteiger partial charge in [0.05, 0.1) is 6.54 Å². The lowest BCUT2D eigenvalue weighted by atomic mass is 9.91. The number of hydrogen-bond donors (Lipinski definition) is 1. The molecule has 0 radical (unpaired) electrons. The number of carbonyl (C=O) groups is 1. The molecule has 0 aromatic rings. The third kappa shape index (κ3) is 2.99. The molecule has 2 unspecified atom stereocenters. The van der Waals surface area contributed by atoms with Gasteiger partial charge in [-0.15, -0.1) is 0 Å². The van der Waals surface area contributed by atoms with E-state index < -0.39 is 0 Å². The van der Waals surface area contributed by atoms with E-state index in [1.54, 1.807) is 0 Å². The fourth-order valence-electron chi connectivity index (χ4n) is 3.15. The van der Waals surface area contributed by atoms with Gasteiger partial charge in [0.15, 0.2) is 0 Å². The second-order valence-electron chi connectivity index (χ2n) is 5.48. The average Bonchev–Trinajstić information content (AvgIpc) is 2.82. The van der Waals surface area contributed by atoms with E-state index in [1.807, 2.05) is 4.90 Å². The highest BCUT2D eigenvalue weighted by atomic mass is 16.2. The second-order valence-corrected chi connectivity index (χ2v) is 5.48. The van der Waals surface area contributed by atoms with Gasteiger partial charge in [-0.25, -0.2) is 0 Å². The van der Waals surface area contributed by atoms with Crippen LogP contribution in [0.4, 0.5) is 0 Å². The lowest BCUT2D eigenvalue weighted by molar-refractivity contribution is -0.132. The Bertz CT molecular complexity index is 263. The topological polar surface area (TPSA) is 49.6 Å². The van der Waals surface area contributed by atoms with Crippen molar-refractivity contribution in [1.29, 1.82) is 0 Å². The molecule has 0 aromatic carbocycles. The molecule has 4 nitrogen and oxygen atoms in total. The molecule has 4 heteroatoms. The summed E-state index contributed by atoms with van der Waals surface area (Å²) < 4.78 is 0. The van der Waals surface area contributed by atoms with Crippen molar-refractivity contribution in [3.63, 3.8) is 0 Å². The van der Waals surface area contributed by atoms with Crippen molar-refractivity contribution in [3.05, 3.63) is 0 Å². The van der Waals surface area contributed by atoms with Crippen LogP contribution in [0.5, 0.6) is 0 Å². The van der Waals surface area contributed by atoms with Gasteiger partial charge < -0.3 is 10.6 Å². The van der Waals surface area contributed by atoms with Crippen molar-refractivity contribution in [1.82, 2.24) is 9.80 Å². The van der Waals surface area contributed by atoms with Gasteiger partial charge in [-0.1, -0.05) is 6.92 Å². The molecular weight excluding hydrogens is 214 g/mol. The van der Waals surface area contributed by atoms with Crippen molar-refractivity contribution < 1.29 is 4.79 Å². The number of likely N-dealkylation sites (tertiary alicyclic amines) is 2. The molecular formula is C13H25N3O. The predicted molar refractivity (Wildman–Crippen MR) is 68.6 cm³/mol. The Morgan fingerprint density at radius 2 is 1.94 bits per heavy atom. The van der Waals surface area contributed by atoms with Crippen molar-refractivity contribution >= 4 is 5.91 Å². The summed E-state index contributed by atoms with van der Waals surface area (Å²) in [6.45, 7) is 6.45.